The number of aromatic nitrogens is 2. The van der Waals surface area contributed by atoms with Crippen LogP contribution in [0.15, 0.2) is 36.7 Å². The van der Waals surface area contributed by atoms with Crippen molar-refractivity contribution >= 4 is 23.2 Å². The minimum absolute atomic E-state index is 0.0822. The van der Waals surface area contributed by atoms with Crippen molar-refractivity contribution in [3.8, 4) is 0 Å². The first-order valence-corrected chi connectivity index (χ1v) is 5.62. The van der Waals surface area contributed by atoms with Crippen LogP contribution in [-0.2, 0) is 0 Å². The first-order chi connectivity index (χ1) is 7.72. The van der Waals surface area contributed by atoms with Crippen LogP contribution >= 0.6 is 23.2 Å². The van der Waals surface area contributed by atoms with E-state index in [0.29, 0.717) is 16.6 Å². The van der Waals surface area contributed by atoms with Gasteiger partial charge in [0.2, 0.25) is 0 Å². The maximum Gasteiger partial charge on any atom is 0.0905 e. The SMILES string of the molecule is NCC(c1ccccc1Cl)n1cc(Cl)cn1. The highest BCUT2D eigenvalue weighted by Crippen LogP contribution is 2.25. The molecule has 0 bridgehead atoms. The van der Waals surface area contributed by atoms with E-state index < -0.39 is 0 Å². The second-order valence-corrected chi connectivity index (χ2v) is 4.26. The van der Waals surface area contributed by atoms with Crippen LogP contribution in [-0.4, -0.2) is 16.3 Å². The van der Waals surface area contributed by atoms with E-state index in [1.54, 1.807) is 17.1 Å². The highest BCUT2D eigenvalue weighted by Gasteiger charge is 2.15. The van der Waals surface area contributed by atoms with Crippen LogP contribution in [0.5, 0.6) is 0 Å². The Bertz CT molecular complexity index is 482. The minimum Gasteiger partial charge on any atom is -0.328 e. The van der Waals surface area contributed by atoms with Gasteiger partial charge in [0, 0.05) is 17.8 Å². The zero-order valence-electron chi connectivity index (χ0n) is 8.48. The van der Waals surface area contributed by atoms with Crippen LogP contribution in [0, 0.1) is 0 Å². The number of hydrogen-bond acceptors (Lipinski definition) is 2. The van der Waals surface area contributed by atoms with Crippen LogP contribution in [0.4, 0.5) is 0 Å². The second kappa shape index (κ2) is 4.87. The van der Waals surface area contributed by atoms with Crippen molar-refractivity contribution in [2.75, 3.05) is 6.54 Å². The molecule has 16 heavy (non-hydrogen) atoms. The molecule has 1 atom stereocenters. The molecule has 0 fully saturated rings. The molecule has 1 unspecified atom stereocenters. The van der Waals surface area contributed by atoms with Crippen LogP contribution in [0.2, 0.25) is 10.0 Å². The minimum atomic E-state index is -0.0822. The van der Waals surface area contributed by atoms with Gasteiger partial charge in [-0.25, -0.2) is 0 Å². The smallest absolute Gasteiger partial charge is 0.0905 e. The van der Waals surface area contributed by atoms with Gasteiger partial charge in [-0.1, -0.05) is 41.4 Å². The summed E-state index contributed by atoms with van der Waals surface area (Å²) in [4.78, 5) is 0. The Kier molecular flexibility index (Phi) is 3.49. The Morgan fingerprint density at radius 1 is 1.31 bits per heavy atom. The third-order valence-electron chi connectivity index (χ3n) is 2.38. The van der Waals surface area contributed by atoms with Crippen LogP contribution < -0.4 is 5.73 Å². The Labute approximate surface area is 104 Å². The maximum absolute atomic E-state index is 6.12. The Morgan fingerprint density at radius 2 is 2.06 bits per heavy atom. The molecule has 0 amide bonds. The molecule has 0 aliphatic carbocycles. The van der Waals surface area contributed by atoms with Gasteiger partial charge in [-0.2, -0.15) is 5.10 Å². The van der Waals surface area contributed by atoms with Crippen molar-refractivity contribution in [2.24, 2.45) is 5.73 Å². The summed E-state index contributed by atoms with van der Waals surface area (Å²) in [6.07, 6.45) is 3.32. The summed E-state index contributed by atoms with van der Waals surface area (Å²) in [5.74, 6) is 0. The average Bonchev–Trinajstić information content (AvgIpc) is 2.69. The van der Waals surface area contributed by atoms with E-state index in [9.17, 15) is 0 Å². The molecule has 1 aromatic carbocycles. The molecular formula is C11H11Cl2N3. The van der Waals surface area contributed by atoms with Gasteiger partial charge in [0.15, 0.2) is 0 Å². The standard InChI is InChI=1S/C11H11Cl2N3/c12-8-6-15-16(7-8)11(5-14)9-3-1-2-4-10(9)13/h1-4,6-7,11H,5,14H2. The number of hydrogen-bond donors (Lipinski definition) is 1. The van der Waals surface area contributed by atoms with Crippen LogP contribution in [0.25, 0.3) is 0 Å². The number of benzene rings is 1. The predicted molar refractivity (Wildman–Crippen MR) is 65.9 cm³/mol. The van der Waals surface area contributed by atoms with Gasteiger partial charge in [0.25, 0.3) is 0 Å². The molecule has 1 heterocycles. The summed E-state index contributed by atoms with van der Waals surface area (Å²) in [5, 5.41) is 5.42. The van der Waals surface area contributed by atoms with E-state index in [1.807, 2.05) is 24.3 Å². The zero-order chi connectivity index (χ0) is 11.5. The monoisotopic (exact) mass is 255 g/mol. The maximum atomic E-state index is 6.12. The third-order valence-corrected chi connectivity index (χ3v) is 2.92. The molecule has 84 valence electrons. The zero-order valence-corrected chi connectivity index (χ0v) is 9.99. The molecule has 1 aromatic heterocycles. The second-order valence-electron chi connectivity index (χ2n) is 3.41. The van der Waals surface area contributed by atoms with Crippen molar-refractivity contribution in [3.05, 3.63) is 52.3 Å². The predicted octanol–water partition coefficient (Wildman–Crippen LogP) is 2.74. The lowest BCUT2D eigenvalue weighted by Crippen LogP contribution is -2.21. The molecular weight excluding hydrogens is 245 g/mol. The van der Waals surface area contributed by atoms with Crippen molar-refractivity contribution in [2.45, 2.75) is 6.04 Å². The van der Waals surface area contributed by atoms with E-state index in [0.717, 1.165) is 5.56 Å². The molecule has 0 saturated carbocycles. The largest absolute Gasteiger partial charge is 0.328 e. The lowest BCUT2D eigenvalue weighted by Gasteiger charge is -2.17. The number of nitrogens with zero attached hydrogens (tertiary/aromatic N) is 2. The summed E-state index contributed by atoms with van der Waals surface area (Å²) in [6, 6.07) is 7.51. The van der Waals surface area contributed by atoms with Crippen molar-refractivity contribution < 1.29 is 0 Å². The molecule has 2 aromatic rings. The topological polar surface area (TPSA) is 43.8 Å². The quantitative estimate of drug-likeness (QED) is 0.917. The van der Waals surface area contributed by atoms with Crippen molar-refractivity contribution in [1.29, 1.82) is 0 Å². The number of nitrogens with two attached hydrogens (primary N) is 1. The van der Waals surface area contributed by atoms with Gasteiger partial charge < -0.3 is 5.73 Å². The van der Waals surface area contributed by atoms with Crippen molar-refractivity contribution in [1.82, 2.24) is 9.78 Å². The average molecular weight is 256 g/mol. The van der Waals surface area contributed by atoms with E-state index in [2.05, 4.69) is 5.10 Å². The number of halogens is 2. The molecule has 0 saturated heterocycles. The number of rotatable bonds is 3. The molecule has 5 heteroatoms. The Balaban J connectivity index is 2.40. The first-order valence-electron chi connectivity index (χ1n) is 4.86. The fourth-order valence-electron chi connectivity index (χ4n) is 1.61. The summed E-state index contributed by atoms with van der Waals surface area (Å²) >= 11 is 12.0. The van der Waals surface area contributed by atoms with Gasteiger partial charge in [-0.15, -0.1) is 0 Å². The van der Waals surface area contributed by atoms with Crippen LogP contribution in [0.1, 0.15) is 11.6 Å². The first kappa shape index (κ1) is 11.5. The molecule has 0 spiro atoms. The van der Waals surface area contributed by atoms with E-state index in [4.69, 9.17) is 28.9 Å². The van der Waals surface area contributed by atoms with Gasteiger partial charge in [0.05, 0.1) is 17.3 Å². The normalized spacial score (nSPS) is 12.7. The molecule has 0 radical (unpaired) electrons. The third kappa shape index (κ3) is 2.21. The van der Waals surface area contributed by atoms with Crippen LogP contribution in [0.3, 0.4) is 0 Å². The highest BCUT2D eigenvalue weighted by atomic mass is 35.5. The molecule has 0 aliphatic heterocycles. The lowest BCUT2D eigenvalue weighted by molar-refractivity contribution is 0.532. The molecule has 2 rings (SSSR count). The van der Waals surface area contributed by atoms with E-state index in [-0.39, 0.29) is 6.04 Å². The lowest BCUT2D eigenvalue weighted by atomic mass is 10.1. The summed E-state index contributed by atoms with van der Waals surface area (Å²) in [6.45, 7) is 0.418. The molecule has 0 aliphatic rings. The van der Waals surface area contributed by atoms with E-state index in [1.165, 1.54) is 0 Å². The summed E-state index contributed by atoms with van der Waals surface area (Å²) in [7, 11) is 0. The van der Waals surface area contributed by atoms with Gasteiger partial charge >= 0.3 is 0 Å². The highest BCUT2D eigenvalue weighted by molar-refractivity contribution is 6.31. The van der Waals surface area contributed by atoms with Crippen molar-refractivity contribution in [3.63, 3.8) is 0 Å². The van der Waals surface area contributed by atoms with Gasteiger partial charge in [-0.05, 0) is 11.6 Å². The molecule has 3 nitrogen and oxygen atoms in total. The Hall–Kier alpha value is -1.03. The van der Waals surface area contributed by atoms with Gasteiger partial charge in [0.1, 0.15) is 0 Å². The Morgan fingerprint density at radius 3 is 2.62 bits per heavy atom. The van der Waals surface area contributed by atoms with E-state index >= 15 is 0 Å². The fraction of sp³-hybridized carbons (Fsp3) is 0.182. The van der Waals surface area contributed by atoms with Gasteiger partial charge in [-0.3, -0.25) is 4.68 Å². The fourth-order valence-corrected chi connectivity index (χ4v) is 2.01. The molecule has 2 N–H and O–H groups in total. The summed E-state index contributed by atoms with van der Waals surface area (Å²) < 4.78 is 1.73. The summed E-state index contributed by atoms with van der Waals surface area (Å²) in [5.41, 5.74) is 6.70.